The van der Waals surface area contributed by atoms with Gasteiger partial charge in [0, 0.05) is 42.4 Å². The fraction of sp³-hybridized carbons (Fsp3) is 0.348. The standard InChI is InChI=1S/C23H30N4O5S/c1-4-5-21(28)26-18-10-12-20(13-11-18)33(31,32)25-15-14-24-23(30)17-6-8-19(9-7-17)27-22(29)16(2)3/h6-13,16,25H,4-5,14-15H2,1-3H3,(H,24,30)(H,26,28)(H,27,29). The second kappa shape index (κ2) is 12.1. The Morgan fingerprint density at radius 3 is 2.00 bits per heavy atom. The zero-order valence-corrected chi connectivity index (χ0v) is 19.8. The Kier molecular flexibility index (Phi) is 9.56. The minimum atomic E-state index is -3.76. The summed E-state index contributed by atoms with van der Waals surface area (Å²) in [5, 5.41) is 8.08. The van der Waals surface area contributed by atoms with Crippen molar-refractivity contribution in [2.24, 2.45) is 5.92 Å². The van der Waals surface area contributed by atoms with Gasteiger partial charge in [-0.1, -0.05) is 20.8 Å². The van der Waals surface area contributed by atoms with Gasteiger partial charge in [0.1, 0.15) is 0 Å². The molecule has 0 atom stereocenters. The van der Waals surface area contributed by atoms with Gasteiger partial charge in [-0.05, 0) is 55.0 Å². The number of hydrogen-bond donors (Lipinski definition) is 4. The van der Waals surface area contributed by atoms with E-state index in [2.05, 4.69) is 20.7 Å². The zero-order valence-electron chi connectivity index (χ0n) is 19.0. The van der Waals surface area contributed by atoms with Crippen molar-refractivity contribution in [1.82, 2.24) is 10.0 Å². The third-order valence-corrected chi connectivity index (χ3v) is 6.04. The molecule has 2 rings (SSSR count). The van der Waals surface area contributed by atoms with Gasteiger partial charge in [-0.3, -0.25) is 14.4 Å². The molecule has 10 heteroatoms. The number of carbonyl (C=O) groups is 3. The summed E-state index contributed by atoms with van der Waals surface area (Å²) in [7, 11) is -3.76. The van der Waals surface area contributed by atoms with Crippen LogP contribution < -0.4 is 20.7 Å². The fourth-order valence-corrected chi connectivity index (χ4v) is 3.74. The highest BCUT2D eigenvalue weighted by molar-refractivity contribution is 7.89. The van der Waals surface area contributed by atoms with Crippen LogP contribution in [0.4, 0.5) is 11.4 Å². The molecular formula is C23H30N4O5S. The number of rotatable bonds is 11. The Bertz CT molecular complexity index is 1070. The summed E-state index contributed by atoms with van der Waals surface area (Å²) in [6.45, 7) is 5.57. The summed E-state index contributed by atoms with van der Waals surface area (Å²) in [5.41, 5.74) is 1.50. The number of carbonyl (C=O) groups excluding carboxylic acids is 3. The number of sulfonamides is 1. The summed E-state index contributed by atoms with van der Waals surface area (Å²) in [6, 6.07) is 12.3. The summed E-state index contributed by atoms with van der Waals surface area (Å²) in [4.78, 5) is 35.6. The Hall–Kier alpha value is -3.24. The highest BCUT2D eigenvalue weighted by Gasteiger charge is 2.14. The molecule has 0 aliphatic heterocycles. The lowest BCUT2D eigenvalue weighted by Crippen LogP contribution is -2.34. The van der Waals surface area contributed by atoms with Gasteiger partial charge in [-0.25, -0.2) is 13.1 Å². The van der Waals surface area contributed by atoms with Gasteiger partial charge in [-0.15, -0.1) is 0 Å². The molecule has 0 radical (unpaired) electrons. The average Bonchev–Trinajstić information content (AvgIpc) is 2.77. The van der Waals surface area contributed by atoms with Crippen LogP contribution in [-0.4, -0.2) is 39.2 Å². The van der Waals surface area contributed by atoms with Crippen LogP contribution >= 0.6 is 0 Å². The molecule has 0 aromatic heterocycles. The molecule has 0 heterocycles. The second-order valence-electron chi connectivity index (χ2n) is 7.70. The van der Waals surface area contributed by atoms with Crippen LogP contribution in [0.25, 0.3) is 0 Å². The van der Waals surface area contributed by atoms with Crippen molar-refractivity contribution >= 4 is 39.1 Å². The quantitative estimate of drug-likeness (QED) is 0.372. The van der Waals surface area contributed by atoms with Gasteiger partial charge in [-0.2, -0.15) is 0 Å². The van der Waals surface area contributed by atoms with E-state index in [1.54, 1.807) is 38.1 Å². The predicted molar refractivity (Wildman–Crippen MR) is 127 cm³/mol. The summed E-state index contributed by atoms with van der Waals surface area (Å²) in [5.74, 6) is -0.753. The van der Waals surface area contributed by atoms with Crippen molar-refractivity contribution < 1.29 is 22.8 Å². The molecule has 0 spiro atoms. The molecule has 0 bridgehead atoms. The van der Waals surface area contributed by atoms with Crippen LogP contribution in [0.1, 0.15) is 44.0 Å². The predicted octanol–water partition coefficient (Wildman–Crippen LogP) is 2.73. The van der Waals surface area contributed by atoms with Crippen LogP contribution in [0.5, 0.6) is 0 Å². The van der Waals surface area contributed by atoms with Gasteiger partial charge in [0.2, 0.25) is 21.8 Å². The first-order valence-corrected chi connectivity index (χ1v) is 12.2. The number of benzene rings is 2. The molecule has 0 fully saturated rings. The maximum atomic E-state index is 12.4. The van der Waals surface area contributed by atoms with E-state index >= 15 is 0 Å². The van der Waals surface area contributed by atoms with Gasteiger partial charge in [0.05, 0.1) is 4.90 Å². The average molecular weight is 475 g/mol. The monoisotopic (exact) mass is 474 g/mol. The second-order valence-corrected chi connectivity index (χ2v) is 9.46. The molecular weight excluding hydrogens is 444 g/mol. The van der Waals surface area contributed by atoms with Crippen molar-refractivity contribution in [2.45, 2.75) is 38.5 Å². The summed E-state index contributed by atoms with van der Waals surface area (Å²) in [6.07, 6.45) is 1.12. The van der Waals surface area contributed by atoms with Crippen LogP contribution in [0.15, 0.2) is 53.4 Å². The van der Waals surface area contributed by atoms with E-state index in [9.17, 15) is 22.8 Å². The van der Waals surface area contributed by atoms with Crippen LogP contribution in [0.3, 0.4) is 0 Å². The minimum Gasteiger partial charge on any atom is -0.351 e. The maximum absolute atomic E-state index is 12.4. The van der Waals surface area contributed by atoms with E-state index < -0.39 is 10.0 Å². The van der Waals surface area contributed by atoms with Crippen molar-refractivity contribution in [3.05, 3.63) is 54.1 Å². The lowest BCUT2D eigenvalue weighted by Gasteiger charge is -2.10. The van der Waals surface area contributed by atoms with Crippen molar-refractivity contribution in [3.8, 4) is 0 Å². The molecule has 0 aliphatic rings. The topological polar surface area (TPSA) is 133 Å². The Balaban J connectivity index is 1.81. The highest BCUT2D eigenvalue weighted by Crippen LogP contribution is 2.14. The van der Waals surface area contributed by atoms with Gasteiger partial charge in [0.15, 0.2) is 0 Å². The smallest absolute Gasteiger partial charge is 0.251 e. The van der Waals surface area contributed by atoms with E-state index in [0.29, 0.717) is 23.4 Å². The van der Waals surface area contributed by atoms with Gasteiger partial charge in [0.25, 0.3) is 5.91 Å². The number of nitrogens with one attached hydrogen (secondary N) is 4. The molecule has 178 valence electrons. The lowest BCUT2D eigenvalue weighted by molar-refractivity contribution is -0.119. The van der Waals surface area contributed by atoms with E-state index in [1.165, 1.54) is 24.3 Å². The Morgan fingerprint density at radius 2 is 1.42 bits per heavy atom. The van der Waals surface area contributed by atoms with E-state index in [4.69, 9.17) is 0 Å². The van der Waals surface area contributed by atoms with Crippen LogP contribution in [-0.2, 0) is 19.6 Å². The van der Waals surface area contributed by atoms with Crippen molar-refractivity contribution in [2.75, 3.05) is 23.7 Å². The molecule has 2 aromatic rings. The van der Waals surface area contributed by atoms with Gasteiger partial charge < -0.3 is 16.0 Å². The van der Waals surface area contributed by atoms with E-state index in [-0.39, 0.29) is 41.6 Å². The first kappa shape index (κ1) is 26.0. The number of anilines is 2. The third-order valence-electron chi connectivity index (χ3n) is 4.57. The molecule has 0 saturated heterocycles. The fourth-order valence-electron chi connectivity index (χ4n) is 2.71. The summed E-state index contributed by atoms with van der Waals surface area (Å²) < 4.78 is 27.2. The molecule has 3 amide bonds. The van der Waals surface area contributed by atoms with Crippen LogP contribution in [0, 0.1) is 5.92 Å². The minimum absolute atomic E-state index is 0.00555. The number of amides is 3. The van der Waals surface area contributed by atoms with E-state index in [0.717, 1.165) is 6.42 Å². The largest absolute Gasteiger partial charge is 0.351 e. The Labute approximate surface area is 194 Å². The van der Waals surface area contributed by atoms with Crippen molar-refractivity contribution in [3.63, 3.8) is 0 Å². The molecule has 4 N–H and O–H groups in total. The molecule has 33 heavy (non-hydrogen) atoms. The van der Waals surface area contributed by atoms with Crippen molar-refractivity contribution in [1.29, 1.82) is 0 Å². The zero-order chi connectivity index (χ0) is 24.4. The van der Waals surface area contributed by atoms with Crippen LogP contribution in [0.2, 0.25) is 0 Å². The molecule has 0 unspecified atom stereocenters. The maximum Gasteiger partial charge on any atom is 0.251 e. The molecule has 0 aliphatic carbocycles. The number of hydrogen-bond acceptors (Lipinski definition) is 5. The first-order chi connectivity index (χ1) is 15.6. The lowest BCUT2D eigenvalue weighted by atomic mass is 10.1. The highest BCUT2D eigenvalue weighted by atomic mass is 32.2. The molecule has 0 saturated carbocycles. The normalized spacial score (nSPS) is 11.2. The first-order valence-electron chi connectivity index (χ1n) is 10.7. The third kappa shape index (κ3) is 8.32. The molecule has 9 nitrogen and oxygen atoms in total. The summed E-state index contributed by atoms with van der Waals surface area (Å²) >= 11 is 0. The Morgan fingerprint density at radius 1 is 0.848 bits per heavy atom. The SMILES string of the molecule is CCCC(=O)Nc1ccc(S(=O)(=O)NCCNC(=O)c2ccc(NC(=O)C(C)C)cc2)cc1. The van der Waals surface area contributed by atoms with E-state index in [1.807, 2.05) is 6.92 Å². The van der Waals surface area contributed by atoms with Gasteiger partial charge >= 0.3 is 0 Å². The molecule has 2 aromatic carbocycles.